The van der Waals surface area contributed by atoms with E-state index in [1.807, 2.05) is 36.5 Å². The number of morpholine rings is 1. The second kappa shape index (κ2) is 10.3. The van der Waals surface area contributed by atoms with Crippen molar-refractivity contribution in [2.75, 3.05) is 62.9 Å². The minimum absolute atomic E-state index is 0.0422. The minimum Gasteiger partial charge on any atom is -0.370 e. The summed E-state index contributed by atoms with van der Waals surface area (Å²) in [5.74, 6) is 4.20. The normalized spacial score (nSPS) is 17.3. The fraction of sp³-hybridized carbons (Fsp3) is 0.667. The molecule has 0 saturated carbocycles. The van der Waals surface area contributed by atoms with Crippen molar-refractivity contribution >= 4 is 33.6 Å². The van der Waals surface area contributed by atoms with Gasteiger partial charge in [0.2, 0.25) is 0 Å². The van der Waals surface area contributed by atoms with Crippen LogP contribution in [-0.2, 0) is 21.3 Å². The van der Waals surface area contributed by atoms with Gasteiger partial charge in [-0.05, 0) is 30.7 Å². The topological polar surface area (TPSA) is 63.6 Å². The van der Waals surface area contributed by atoms with Gasteiger partial charge in [0.05, 0.1) is 31.7 Å². The van der Waals surface area contributed by atoms with Gasteiger partial charge in [-0.3, -0.25) is 4.55 Å². The van der Waals surface area contributed by atoms with E-state index in [4.69, 9.17) is 4.74 Å². The smallest absolute Gasteiger partial charge is 0.294 e. The third-order valence-electron chi connectivity index (χ3n) is 4.71. The van der Waals surface area contributed by atoms with Crippen molar-refractivity contribution < 1.29 is 22.2 Å². The molecule has 0 unspecified atom stereocenters. The van der Waals surface area contributed by atoms with Crippen molar-refractivity contribution in [2.45, 2.75) is 18.2 Å². The number of benzene rings is 1. The first-order valence-corrected chi connectivity index (χ1v) is 12.7. The quantitative estimate of drug-likeness (QED) is 0.357. The number of nitrogens with zero attached hydrogens (tertiary/aromatic N) is 1. The number of aryl methyl sites for hydroxylation is 2. The highest BCUT2D eigenvalue weighted by Gasteiger charge is 2.24. The molecule has 0 amide bonds. The van der Waals surface area contributed by atoms with Crippen molar-refractivity contribution in [3.63, 3.8) is 0 Å². The summed E-state index contributed by atoms with van der Waals surface area (Å²) in [7, 11) is -1.83. The summed E-state index contributed by atoms with van der Waals surface area (Å²) in [6.07, 6.45) is 0.654. The zero-order valence-electron chi connectivity index (χ0n) is 15.6. The average Bonchev–Trinajstić information content (AvgIpc) is 2.57. The van der Waals surface area contributed by atoms with Crippen LogP contribution in [0.25, 0.3) is 0 Å². The van der Waals surface area contributed by atoms with Gasteiger partial charge < -0.3 is 9.22 Å². The second-order valence-electron chi connectivity index (χ2n) is 6.96. The maximum Gasteiger partial charge on any atom is 0.294 e. The molecule has 5 nitrogen and oxygen atoms in total. The van der Waals surface area contributed by atoms with Crippen LogP contribution in [0.15, 0.2) is 23.1 Å². The Morgan fingerprint density at radius 2 is 1.77 bits per heavy atom. The molecule has 0 aliphatic carbocycles. The summed E-state index contributed by atoms with van der Waals surface area (Å²) in [5.41, 5.74) is 1.71. The second-order valence-corrected chi connectivity index (χ2v) is 10.8. The van der Waals surface area contributed by atoms with Gasteiger partial charge in [-0.1, -0.05) is 17.7 Å². The standard InChI is InChI=1S/C18H29NO4S3/c1-16-3-4-18(26(20,21)22)17(15-16)5-11-24-13-14-25-12-8-19(2)6-9-23-10-7-19/h3-4,15H,5-14H2,1-2H3/p+1. The van der Waals surface area contributed by atoms with Crippen molar-refractivity contribution in [3.05, 3.63) is 29.3 Å². The Labute approximate surface area is 166 Å². The summed E-state index contributed by atoms with van der Waals surface area (Å²) in [6.45, 7) is 7.10. The molecule has 2 rings (SSSR count). The Morgan fingerprint density at radius 1 is 1.12 bits per heavy atom. The Morgan fingerprint density at radius 3 is 2.42 bits per heavy atom. The summed E-state index contributed by atoms with van der Waals surface area (Å²) in [4.78, 5) is 0.0422. The first kappa shape index (κ1) is 22.0. The third-order valence-corrected chi connectivity index (χ3v) is 7.87. The van der Waals surface area contributed by atoms with Gasteiger partial charge in [-0.2, -0.15) is 31.9 Å². The Bertz CT molecular complexity index is 673. The van der Waals surface area contributed by atoms with Crippen LogP contribution in [0.2, 0.25) is 0 Å². The van der Waals surface area contributed by atoms with E-state index < -0.39 is 10.1 Å². The van der Waals surface area contributed by atoms with Crippen LogP contribution >= 0.6 is 23.5 Å². The number of hydrogen-bond donors (Lipinski definition) is 1. The van der Waals surface area contributed by atoms with Crippen LogP contribution in [0, 0.1) is 6.92 Å². The SMILES string of the molecule is Cc1ccc(S(=O)(=O)O)c(CCSCCSCC[N+]2(C)CCOCC2)c1. The molecule has 1 N–H and O–H groups in total. The molecule has 1 aromatic carbocycles. The molecule has 1 heterocycles. The highest BCUT2D eigenvalue weighted by atomic mass is 32.2. The number of quaternary nitrogens is 1. The Hall–Kier alpha value is -0.250. The molecule has 1 saturated heterocycles. The van der Waals surface area contributed by atoms with Gasteiger partial charge in [0.1, 0.15) is 13.1 Å². The summed E-state index contributed by atoms with van der Waals surface area (Å²) in [5, 5.41) is 0. The maximum absolute atomic E-state index is 11.5. The van der Waals surface area contributed by atoms with Crippen LogP contribution in [0.1, 0.15) is 11.1 Å². The lowest BCUT2D eigenvalue weighted by atomic mass is 10.1. The third kappa shape index (κ3) is 7.40. The van der Waals surface area contributed by atoms with Crippen LogP contribution in [0.4, 0.5) is 0 Å². The van der Waals surface area contributed by atoms with Gasteiger partial charge in [0.15, 0.2) is 0 Å². The van der Waals surface area contributed by atoms with Crippen molar-refractivity contribution in [3.8, 4) is 0 Å². The molecule has 26 heavy (non-hydrogen) atoms. The Balaban J connectivity index is 1.63. The van der Waals surface area contributed by atoms with E-state index in [-0.39, 0.29) is 4.90 Å². The zero-order chi connectivity index (χ0) is 19.0. The monoisotopic (exact) mass is 420 g/mol. The highest BCUT2D eigenvalue weighted by Crippen LogP contribution is 2.20. The van der Waals surface area contributed by atoms with E-state index in [2.05, 4.69) is 7.05 Å². The highest BCUT2D eigenvalue weighted by molar-refractivity contribution is 8.02. The molecule has 0 spiro atoms. The molecule has 148 valence electrons. The minimum atomic E-state index is -4.15. The van der Waals surface area contributed by atoms with E-state index in [1.165, 1.54) is 18.4 Å². The van der Waals surface area contributed by atoms with E-state index in [9.17, 15) is 13.0 Å². The van der Waals surface area contributed by atoms with Crippen molar-refractivity contribution in [1.29, 1.82) is 0 Å². The maximum atomic E-state index is 11.5. The number of rotatable bonds is 10. The lowest BCUT2D eigenvalue weighted by molar-refractivity contribution is -0.914. The fourth-order valence-electron chi connectivity index (χ4n) is 2.95. The average molecular weight is 421 g/mol. The van der Waals surface area contributed by atoms with Gasteiger partial charge in [-0.25, -0.2) is 0 Å². The van der Waals surface area contributed by atoms with Crippen LogP contribution in [-0.4, -0.2) is 80.4 Å². The lowest BCUT2D eigenvalue weighted by Gasteiger charge is -2.37. The molecule has 1 aliphatic rings. The first-order valence-electron chi connectivity index (χ1n) is 8.94. The molecule has 8 heteroatoms. The van der Waals surface area contributed by atoms with Crippen LogP contribution < -0.4 is 0 Å². The van der Waals surface area contributed by atoms with E-state index in [1.54, 1.807) is 6.07 Å². The molecule has 1 aliphatic heterocycles. The molecule has 0 aromatic heterocycles. The van der Waals surface area contributed by atoms with Gasteiger partial charge in [0.25, 0.3) is 10.1 Å². The molecule has 0 radical (unpaired) electrons. The summed E-state index contributed by atoms with van der Waals surface area (Å²) in [6, 6.07) is 5.06. The fourth-order valence-corrected chi connectivity index (χ4v) is 5.97. The summed E-state index contributed by atoms with van der Waals surface area (Å²) < 4.78 is 38.8. The van der Waals surface area contributed by atoms with E-state index >= 15 is 0 Å². The first-order chi connectivity index (χ1) is 12.3. The van der Waals surface area contributed by atoms with Crippen molar-refractivity contribution in [2.24, 2.45) is 0 Å². The molecule has 0 atom stereocenters. The van der Waals surface area contributed by atoms with Gasteiger partial charge in [0, 0.05) is 17.3 Å². The predicted octanol–water partition coefficient (Wildman–Crippen LogP) is 2.73. The van der Waals surface area contributed by atoms with Crippen LogP contribution in [0.5, 0.6) is 0 Å². The molecule has 0 bridgehead atoms. The molecular weight excluding hydrogens is 390 g/mol. The number of likely N-dealkylation sites (N-methyl/N-ethyl adjacent to an activating group) is 1. The number of hydrogen-bond acceptors (Lipinski definition) is 5. The predicted molar refractivity (Wildman–Crippen MR) is 111 cm³/mol. The number of thioether (sulfide) groups is 2. The zero-order valence-corrected chi connectivity index (χ0v) is 18.1. The summed E-state index contributed by atoms with van der Waals surface area (Å²) >= 11 is 3.82. The van der Waals surface area contributed by atoms with Gasteiger partial charge >= 0.3 is 0 Å². The Kier molecular flexibility index (Phi) is 8.76. The van der Waals surface area contributed by atoms with Crippen LogP contribution in [0.3, 0.4) is 0 Å². The molecular formula is C18H30NO4S3+. The van der Waals surface area contributed by atoms with E-state index in [0.29, 0.717) is 12.0 Å². The lowest BCUT2D eigenvalue weighted by Crippen LogP contribution is -2.53. The van der Waals surface area contributed by atoms with Crippen molar-refractivity contribution in [1.82, 2.24) is 0 Å². The number of ether oxygens (including phenoxy) is 1. The molecule has 1 aromatic rings. The van der Waals surface area contributed by atoms with E-state index in [0.717, 1.165) is 53.6 Å². The largest absolute Gasteiger partial charge is 0.370 e. The molecule has 1 fully saturated rings. The van der Waals surface area contributed by atoms with Gasteiger partial charge in [-0.15, -0.1) is 0 Å².